The molecule has 0 aliphatic carbocycles. The third-order valence-electron chi connectivity index (χ3n) is 6.70. The van der Waals surface area contributed by atoms with E-state index in [0.29, 0.717) is 25.4 Å². The van der Waals surface area contributed by atoms with Gasteiger partial charge < -0.3 is 20.3 Å². The molecule has 0 bridgehead atoms. The Morgan fingerprint density at radius 1 is 1.09 bits per heavy atom. The molecule has 6 heteroatoms. The Morgan fingerprint density at radius 3 is 2.61 bits per heavy atom. The fraction of sp³-hybridized carbons (Fsp3) is 0.481. The summed E-state index contributed by atoms with van der Waals surface area (Å²) in [5.74, 6) is 1.44. The molecule has 1 amide bonds. The Bertz CT molecular complexity index is 957. The summed E-state index contributed by atoms with van der Waals surface area (Å²) >= 11 is 0. The van der Waals surface area contributed by atoms with Gasteiger partial charge in [-0.25, -0.2) is 0 Å². The van der Waals surface area contributed by atoms with Crippen LogP contribution in [0.4, 0.5) is 0 Å². The van der Waals surface area contributed by atoms with E-state index in [2.05, 4.69) is 58.9 Å². The molecular formula is C27H36N4O2. The number of hydrogen-bond acceptors (Lipinski definition) is 3. The van der Waals surface area contributed by atoms with Gasteiger partial charge in [0.2, 0.25) is 5.91 Å². The molecule has 2 aromatic carbocycles. The molecule has 33 heavy (non-hydrogen) atoms. The molecule has 2 fully saturated rings. The van der Waals surface area contributed by atoms with Crippen molar-refractivity contribution in [2.45, 2.75) is 51.8 Å². The number of likely N-dealkylation sites (tertiary alicyclic amines) is 1. The van der Waals surface area contributed by atoms with Crippen LogP contribution < -0.4 is 10.6 Å². The van der Waals surface area contributed by atoms with Crippen LogP contribution in [-0.4, -0.2) is 43.5 Å². The second-order valence-electron chi connectivity index (χ2n) is 9.10. The minimum absolute atomic E-state index is 0.115. The van der Waals surface area contributed by atoms with E-state index in [1.54, 1.807) is 7.05 Å². The second kappa shape index (κ2) is 11.3. The molecule has 176 valence electrons. The maximum absolute atomic E-state index is 12.1. The number of nitrogens with zero attached hydrogens (tertiary/aromatic N) is 2. The molecule has 2 aliphatic rings. The third-order valence-corrected chi connectivity index (χ3v) is 6.70. The highest BCUT2D eigenvalue weighted by molar-refractivity contribution is 5.79. The summed E-state index contributed by atoms with van der Waals surface area (Å²) in [6.07, 6.45) is 3.97. The van der Waals surface area contributed by atoms with Gasteiger partial charge in [0, 0.05) is 52.2 Å². The predicted octanol–water partition coefficient (Wildman–Crippen LogP) is 3.95. The average molecular weight is 449 g/mol. The number of carbonyl (C=O) groups excluding carboxylic acids is 1. The monoisotopic (exact) mass is 448 g/mol. The van der Waals surface area contributed by atoms with Crippen LogP contribution in [0.25, 0.3) is 0 Å². The maximum atomic E-state index is 12.1. The van der Waals surface area contributed by atoms with Gasteiger partial charge in [-0.15, -0.1) is 0 Å². The van der Waals surface area contributed by atoms with Crippen LogP contribution in [0.15, 0.2) is 53.5 Å². The first kappa shape index (κ1) is 23.3. The summed E-state index contributed by atoms with van der Waals surface area (Å²) < 4.78 is 6.17. The Labute approximate surface area is 197 Å². The van der Waals surface area contributed by atoms with Crippen molar-refractivity contribution in [3.05, 3.63) is 70.8 Å². The molecule has 0 aromatic heterocycles. The van der Waals surface area contributed by atoms with E-state index in [4.69, 9.17) is 4.74 Å². The fourth-order valence-electron chi connectivity index (χ4n) is 4.77. The van der Waals surface area contributed by atoms with Gasteiger partial charge in [0.25, 0.3) is 0 Å². The molecule has 2 heterocycles. The zero-order chi connectivity index (χ0) is 23.0. The van der Waals surface area contributed by atoms with Gasteiger partial charge in [-0.05, 0) is 42.9 Å². The van der Waals surface area contributed by atoms with Gasteiger partial charge in [-0.1, -0.05) is 54.1 Å². The van der Waals surface area contributed by atoms with Gasteiger partial charge in [0.05, 0.1) is 6.10 Å². The number of aryl methyl sites for hydroxylation is 1. The first-order valence-electron chi connectivity index (χ1n) is 12.1. The van der Waals surface area contributed by atoms with Crippen molar-refractivity contribution in [2.24, 2.45) is 10.9 Å². The van der Waals surface area contributed by atoms with Gasteiger partial charge in [-0.3, -0.25) is 9.79 Å². The molecule has 0 spiro atoms. The van der Waals surface area contributed by atoms with E-state index in [-0.39, 0.29) is 12.0 Å². The molecule has 2 aromatic rings. The van der Waals surface area contributed by atoms with Gasteiger partial charge in [0.15, 0.2) is 5.96 Å². The highest BCUT2D eigenvalue weighted by Crippen LogP contribution is 2.33. The van der Waals surface area contributed by atoms with Crippen molar-refractivity contribution < 1.29 is 9.53 Å². The van der Waals surface area contributed by atoms with Crippen molar-refractivity contribution in [1.29, 1.82) is 0 Å². The molecular weight excluding hydrogens is 412 g/mol. The zero-order valence-electron chi connectivity index (χ0n) is 19.8. The predicted molar refractivity (Wildman–Crippen MR) is 132 cm³/mol. The molecule has 0 radical (unpaired) electrons. The molecule has 0 saturated carbocycles. The number of amides is 1. The van der Waals surface area contributed by atoms with Crippen LogP contribution in [0.3, 0.4) is 0 Å². The van der Waals surface area contributed by atoms with E-state index in [1.807, 2.05) is 17.0 Å². The number of benzene rings is 2. The summed E-state index contributed by atoms with van der Waals surface area (Å²) in [6, 6.07) is 17.0. The molecule has 6 nitrogen and oxygen atoms in total. The zero-order valence-corrected chi connectivity index (χ0v) is 19.8. The van der Waals surface area contributed by atoms with Crippen molar-refractivity contribution in [3.8, 4) is 0 Å². The van der Waals surface area contributed by atoms with Crippen LogP contribution in [0.5, 0.6) is 0 Å². The minimum Gasteiger partial charge on any atom is -0.373 e. The van der Waals surface area contributed by atoms with Crippen LogP contribution >= 0.6 is 0 Å². The Morgan fingerprint density at radius 2 is 1.88 bits per heavy atom. The van der Waals surface area contributed by atoms with E-state index in [9.17, 15) is 4.79 Å². The number of carbonyl (C=O) groups is 1. The average Bonchev–Trinajstić information content (AvgIpc) is 3.25. The number of guanidine groups is 1. The van der Waals surface area contributed by atoms with Gasteiger partial charge in [0.1, 0.15) is 0 Å². The first-order chi connectivity index (χ1) is 16.1. The molecule has 2 aliphatic heterocycles. The Hall–Kier alpha value is -2.86. The number of rotatable bonds is 7. The summed E-state index contributed by atoms with van der Waals surface area (Å²) in [5, 5.41) is 6.97. The van der Waals surface area contributed by atoms with E-state index >= 15 is 0 Å². The second-order valence-corrected chi connectivity index (χ2v) is 9.10. The molecule has 2 unspecified atom stereocenters. The lowest BCUT2D eigenvalue weighted by molar-refractivity contribution is -0.128. The number of hydrogen-bond donors (Lipinski definition) is 2. The standard InChI is InChI=1S/C27H36N4O2/c1-20-11-13-21(14-12-20)26-23(9-6-16-33-26)18-30-27(28-2)29-17-22-7-3-4-8-24(22)19-31-15-5-10-25(31)32/h3-4,7-8,11-14,23,26H,5-6,9-10,15-19H2,1-2H3,(H2,28,29,30). The third kappa shape index (κ3) is 6.14. The molecule has 2 N–H and O–H groups in total. The highest BCUT2D eigenvalue weighted by atomic mass is 16.5. The Balaban J connectivity index is 1.33. The summed E-state index contributed by atoms with van der Waals surface area (Å²) in [7, 11) is 1.80. The lowest BCUT2D eigenvalue weighted by Gasteiger charge is -2.32. The van der Waals surface area contributed by atoms with Crippen LogP contribution in [0.1, 0.15) is 54.0 Å². The van der Waals surface area contributed by atoms with Crippen molar-refractivity contribution >= 4 is 11.9 Å². The quantitative estimate of drug-likeness (QED) is 0.497. The van der Waals surface area contributed by atoms with Crippen molar-refractivity contribution in [3.63, 3.8) is 0 Å². The molecule has 2 saturated heterocycles. The van der Waals surface area contributed by atoms with Gasteiger partial charge in [-0.2, -0.15) is 0 Å². The largest absolute Gasteiger partial charge is 0.373 e. The summed E-state index contributed by atoms with van der Waals surface area (Å²) in [4.78, 5) is 18.4. The van der Waals surface area contributed by atoms with Crippen LogP contribution in [0, 0.1) is 12.8 Å². The number of nitrogens with one attached hydrogen (secondary N) is 2. The van der Waals surface area contributed by atoms with E-state index in [0.717, 1.165) is 44.9 Å². The topological polar surface area (TPSA) is 66.0 Å². The van der Waals surface area contributed by atoms with Crippen molar-refractivity contribution in [1.82, 2.24) is 15.5 Å². The first-order valence-corrected chi connectivity index (χ1v) is 12.1. The number of ether oxygens (including phenoxy) is 1. The Kier molecular flexibility index (Phi) is 8.00. The smallest absolute Gasteiger partial charge is 0.222 e. The highest BCUT2D eigenvalue weighted by Gasteiger charge is 2.27. The van der Waals surface area contributed by atoms with E-state index < -0.39 is 0 Å². The van der Waals surface area contributed by atoms with Gasteiger partial charge >= 0.3 is 0 Å². The minimum atomic E-state index is 0.115. The normalized spacial score (nSPS) is 21.3. The molecule has 2 atom stereocenters. The van der Waals surface area contributed by atoms with Crippen molar-refractivity contribution in [2.75, 3.05) is 26.7 Å². The lowest BCUT2D eigenvalue weighted by Crippen LogP contribution is -2.41. The van der Waals surface area contributed by atoms with Crippen LogP contribution in [-0.2, 0) is 22.6 Å². The molecule has 4 rings (SSSR count). The maximum Gasteiger partial charge on any atom is 0.222 e. The van der Waals surface area contributed by atoms with E-state index in [1.165, 1.54) is 22.3 Å². The summed E-state index contributed by atoms with van der Waals surface area (Å²) in [5.41, 5.74) is 4.90. The number of aliphatic imine (C=N–C) groups is 1. The lowest BCUT2D eigenvalue weighted by atomic mass is 9.89. The van der Waals surface area contributed by atoms with Crippen LogP contribution in [0.2, 0.25) is 0 Å². The SMILES string of the molecule is CN=C(NCc1ccccc1CN1CCCC1=O)NCC1CCCOC1c1ccc(C)cc1. The fourth-order valence-corrected chi connectivity index (χ4v) is 4.77. The summed E-state index contributed by atoms with van der Waals surface area (Å²) in [6.45, 7) is 5.94.